The van der Waals surface area contributed by atoms with Gasteiger partial charge in [0, 0.05) is 32.4 Å². The topological polar surface area (TPSA) is 145 Å². The first kappa shape index (κ1) is 23.9. The summed E-state index contributed by atoms with van der Waals surface area (Å²) in [5, 5.41) is 0. The standard InChI is InChI=1S/C25H22N4O9/c30-19-20(31)36-24(35-19,25(28-11-5-6-12-28)37-21(32)22(33)38-25)23(34)29-14-13-27(15-16-7-3-4-10-26-16)17-8-1-2-9-18(17)29/h1-4,7-10H,5-6,11-15H2. The summed E-state index contributed by atoms with van der Waals surface area (Å²) in [7, 11) is 0. The van der Waals surface area contributed by atoms with Crippen molar-refractivity contribution in [1.29, 1.82) is 0 Å². The molecule has 4 aliphatic rings. The number of anilines is 2. The maximum absolute atomic E-state index is 14.3. The van der Waals surface area contributed by atoms with Gasteiger partial charge >= 0.3 is 41.5 Å². The summed E-state index contributed by atoms with van der Waals surface area (Å²) in [5.41, 5.74) is 1.90. The Balaban J connectivity index is 1.42. The Labute approximate surface area is 215 Å². The number of nitrogens with zero attached hydrogens (tertiary/aromatic N) is 4. The lowest BCUT2D eigenvalue weighted by Gasteiger charge is -2.45. The van der Waals surface area contributed by atoms with Crippen LogP contribution < -0.4 is 9.80 Å². The molecule has 0 bridgehead atoms. The number of likely N-dealkylation sites (tertiary alicyclic amines) is 1. The molecule has 0 N–H and O–H groups in total. The predicted octanol–water partition coefficient (Wildman–Crippen LogP) is 0.0807. The first-order valence-corrected chi connectivity index (χ1v) is 12.1. The molecular weight excluding hydrogens is 500 g/mol. The fourth-order valence-corrected chi connectivity index (χ4v) is 5.22. The van der Waals surface area contributed by atoms with Gasteiger partial charge in [0.05, 0.1) is 23.6 Å². The lowest BCUT2D eigenvalue weighted by molar-refractivity contribution is -0.362. The summed E-state index contributed by atoms with van der Waals surface area (Å²) in [5.74, 6) is -12.3. The first-order chi connectivity index (χ1) is 18.3. The van der Waals surface area contributed by atoms with Gasteiger partial charge in [-0.1, -0.05) is 18.2 Å². The second-order valence-corrected chi connectivity index (χ2v) is 9.14. The lowest BCUT2D eigenvalue weighted by atomic mass is 10.1. The van der Waals surface area contributed by atoms with E-state index in [1.54, 1.807) is 24.4 Å². The number of ether oxygens (including phenoxy) is 4. The third-order valence-corrected chi connectivity index (χ3v) is 6.92. The molecule has 38 heavy (non-hydrogen) atoms. The van der Waals surface area contributed by atoms with Crippen molar-refractivity contribution in [2.45, 2.75) is 31.1 Å². The summed E-state index contributed by atoms with van der Waals surface area (Å²) in [6, 6.07) is 12.6. The zero-order valence-electron chi connectivity index (χ0n) is 20.0. The molecule has 2 aromatic rings. The molecule has 0 unspecified atom stereocenters. The number of esters is 4. The third kappa shape index (κ3) is 3.49. The second kappa shape index (κ2) is 8.80. The van der Waals surface area contributed by atoms with Crippen LogP contribution in [0.3, 0.4) is 0 Å². The van der Waals surface area contributed by atoms with Gasteiger partial charge in [0.15, 0.2) is 0 Å². The van der Waals surface area contributed by atoms with E-state index in [2.05, 4.69) is 4.98 Å². The van der Waals surface area contributed by atoms with Crippen LogP contribution in [-0.2, 0) is 49.5 Å². The fraction of sp³-hybridized carbons (Fsp3) is 0.360. The van der Waals surface area contributed by atoms with E-state index in [-0.39, 0.29) is 19.6 Å². The van der Waals surface area contributed by atoms with Crippen LogP contribution >= 0.6 is 0 Å². The monoisotopic (exact) mass is 522 g/mol. The van der Waals surface area contributed by atoms with Gasteiger partial charge < -0.3 is 28.7 Å². The number of hydrogen-bond donors (Lipinski definition) is 0. The number of para-hydroxylation sites is 2. The molecule has 0 spiro atoms. The van der Waals surface area contributed by atoms with Gasteiger partial charge in [-0.25, -0.2) is 24.1 Å². The quantitative estimate of drug-likeness (QED) is 0.387. The van der Waals surface area contributed by atoms with E-state index in [0.717, 1.165) is 5.69 Å². The van der Waals surface area contributed by atoms with Crippen LogP contribution in [0.5, 0.6) is 0 Å². The Kier molecular flexibility index (Phi) is 5.52. The maximum Gasteiger partial charge on any atom is 0.435 e. The minimum atomic E-state index is -2.90. The summed E-state index contributed by atoms with van der Waals surface area (Å²) < 4.78 is 21.2. The summed E-state index contributed by atoms with van der Waals surface area (Å²) >= 11 is 0. The van der Waals surface area contributed by atoms with Crippen molar-refractivity contribution < 1.29 is 42.9 Å². The molecule has 0 saturated carbocycles. The molecule has 6 rings (SSSR count). The van der Waals surface area contributed by atoms with Gasteiger partial charge in [-0.15, -0.1) is 0 Å². The number of benzene rings is 1. The van der Waals surface area contributed by atoms with Crippen molar-refractivity contribution in [3.05, 3.63) is 54.4 Å². The number of carbonyl (C=O) groups excluding carboxylic acids is 5. The summed E-state index contributed by atoms with van der Waals surface area (Å²) in [6.07, 6.45) is 2.91. The average molecular weight is 522 g/mol. The maximum atomic E-state index is 14.3. The number of fused-ring (bicyclic) bond motifs is 1. The lowest BCUT2D eigenvalue weighted by Crippen LogP contribution is -2.72. The van der Waals surface area contributed by atoms with Gasteiger partial charge in [-0.05, 0) is 37.1 Å². The van der Waals surface area contributed by atoms with E-state index in [4.69, 9.17) is 18.9 Å². The Morgan fingerprint density at radius 3 is 2.00 bits per heavy atom. The van der Waals surface area contributed by atoms with Gasteiger partial charge in [-0.3, -0.25) is 9.78 Å². The third-order valence-electron chi connectivity index (χ3n) is 6.92. The zero-order valence-corrected chi connectivity index (χ0v) is 20.0. The normalized spacial score (nSPS) is 22.0. The Morgan fingerprint density at radius 2 is 1.37 bits per heavy atom. The number of rotatable bonds is 5. The molecule has 13 heteroatoms. The molecule has 0 aliphatic carbocycles. The smallest absolute Gasteiger partial charge is 0.397 e. The minimum Gasteiger partial charge on any atom is -0.397 e. The molecule has 1 aromatic carbocycles. The molecule has 1 aromatic heterocycles. The molecule has 3 saturated heterocycles. The average Bonchev–Trinajstić information content (AvgIpc) is 3.65. The van der Waals surface area contributed by atoms with Crippen molar-refractivity contribution >= 4 is 41.2 Å². The largest absolute Gasteiger partial charge is 0.435 e. The zero-order chi connectivity index (χ0) is 26.5. The summed E-state index contributed by atoms with van der Waals surface area (Å²) in [6.45, 7) is 1.32. The van der Waals surface area contributed by atoms with Crippen molar-refractivity contribution in [2.75, 3.05) is 36.0 Å². The van der Waals surface area contributed by atoms with Crippen molar-refractivity contribution in [2.24, 2.45) is 0 Å². The van der Waals surface area contributed by atoms with Gasteiger partial charge in [0.1, 0.15) is 0 Å². The van der Waals surface area contributed by atoms with E-state index >= 15 is 0 Å². The highest BCUT2D eigenvalue weighted by Crippen LogP contribution is 2.47. The molecule has 5 heterocycles. The number of aromatic nitrogens is 1. The van der Waals surface area contributed by atoms with E-state index in [0.29, 0.717) is 37.3 Å². The molecule has 0 radical (unpaired) electrons. The number of amides is 1. The molecule has 196 valence electrons. The van der Waals surface area contributed by atoms with Crippen LogP contribution in [-0.4, -0.2) is 77.5 Å². The van der Waals surface area contributed by atoms with E-state index in [9.17, 15) is 24.0 Å². The second-order valence-electron chi connectivity index (χ2n) is 9.14. The van der Waals surface area contributed by atoms with E-state index in [1.165, 1.54) is 9.80 Å². The summed E-state index contributed by atoms with van der Waals surface area (Å²) in [4.78, 5) is 72.7. The van der Waals surface area contributed by atoms with Crippen LogP contribution in [0.1, 0.15) is 18.5 Å². The Morgan fingerprint density at radius 1 is 0.763 bits per heavy atom. The minimum absolute atomic E-state index is 0.0809. The van der Waals surface area contributed by atoms with Crippen LogP contribution in [0.25, 0.3) is 0 Å². The first-order valence-electron chi connectivity index (χ1n) is 12.1. The predicted molar refractivity (Wildman–Crippen MR) is 125 cm³/mol. The Bertz CT molecular complexity index is 1310. The van der Waals surface area contributed by atoms with Crippen LogP contribution in [0.15, 0.2) is 48.7 Å². The van der Waals surface area contributed by atoms with Crippen LogP contribution in [0.4, 0.5) is 11.4 Å². The van der Waals surface area contributed by atoms with Gasteiger partial charge in [0.2, 0.25) is 0 Å². The van der Waals surface area contributed by atoms with E-state index in [1.807, 2.05) is 29.2 Å². The van der Waals surface area contributed by atoms with Crippen molar-refractivity contribution in [3.8, 4) is 0 Å². The molecule has 1 amide bonds. The fourth-order valence-electron chi connectivity index (χ4n) is 5.22. The molecular formula is C25H22N4O9. The number of hydrogen-bond acceptors (Lipinski definition) is 12. The molecule has 3 fully saturated rings. The Hall–Kier alpha value is -4.52. The number of pyridine rings is 1. The van der Waals surface area contributed by atoms with E-state index < -0.39 is 41.5 Å². The van der Waals surface area contributed by atoms with Gasteiger partial charge in [0.25, 0.3) is 0 Å². The highest BCUT2D eigenvalue weighted by Gasteiger charge is 2.80. The number of cyclic esters (lactones) is 4. The van der Waals surface area contributed by atoms with Crippen LogP contribution in [0, 0.1) is 0 Å². The number of carbonyl (C=O) groups is 5. The van der Waals surface area contributed by atoms with Crippen molar-refractivity contribution in [3.63, 3.8) is 0 Å². The van der Waals surface area contributed by atoms with Gasteiger partial charge in [-0.2, -0.15) is 0 Å². The molecule has 4 aliphatic heterocycles. The van der Waals surface area contributed by atoms with Crippen molar-refractivity contribution in [1.82, 2.24) is 9.88 Å². The molecule has 0 atom stereocenters. The highest BCUT2D eigenvalue weighted by molar-refractivity contribution is 6.34. The SMILES string of the molecule is O=C1OC(C(=O)N2CCN(Cc3ccccn3)c3ccccc32)(C2(N3CCCC3)OC(=O)C(=O)O2)OC1=O. The van der Waals surface area contributed by atoms with Crippen LogP contribution in [0.2, 0.25) is 0 Å². The highest BCUT2D eigenvalue weighted by atomic mass is 16.9. The molecule has 13 nitrogen and oxygen atoms in total.